The molecule has 0 radical (unpaired) electrons. The summed E-state index contributed by atoms with van der Waals surface area (Å²) in [4.78, 5) is 27.2. The van der Waals surface area contributed by atoms with E-state index in [1.54, 1.807) is 11.2 Å². The smallest absolute Gasteiger partial charge is 0.409 e. The van der Waals surface area contributed by atoms with Gasteiger partial charge in [-0.1, -0.05) is 6.92 Å². The fourth-order valence-electron chi connectivity index (χ4n) is 3.52. The molecular formula is C18H30N6O2. The van der Waals surface area contributed by atoms with Crippen LogP contribution in [0.3, 0.4) is 0 Å². The summed E-state index contributed by atoms with van der Waals surface area (Å²) in [5, 5.41) is 3.50. The summed E-state index contributed by atoms with van der Waals surface area (Å²) in [6.07, 6.45) is 3.22. The topological polar surface area (TPSA) is 73.8 Å². The second-order valence-corrected chi connectivity index (χ2v) is 6.79. The number of anilines is 2. The van der Waals surface area contributed by atoms with Gasteiger partial charge in [0, 0.05) is 51.4 Å². The SMILES string of the molecule is CCOC(=O)N1CCC(Nc2cc(N3CCN(CC)CC3)ncn2)CC1. The molecule has 1 amide bonds. The second-order valence-electron chi connectivity index (χ2n) is 6.79. The third-order valence-electron chi connectivity index (χ3n) is 5.17. The maximum atomic E-state index is 11.8. The molecule has 1 aromatic heterocycles. The summed E-state index contributed by atoms with van der Waals surface area (Å²) in [7, 11) is 0. The largest absolute Gasteiger partial charge is 0.450 e. The number of piperidine rings is 1. The van der Waals surface area contributed by atoms with E-state index in [9.17, 15) is 4.79 Å². The van der Waals surface area contributed by atoms with Crippen molar-refractivity contribution in [3.05, 3.63) is 12.4 Å². The van der Waals surface area contributed by atoms with E-state index in [1.807, 2.05) is 13.0 Å². The normalized spacial score (nSPS) is 19.5. The number of carbonyl (C=O) groups is 1. The predicted octanol–water partition coefficient (Wildman–Crippen LogP) is 1.65. The van der Waals surface area contributed by atoms with Gasteiger partial charge in [0.2, 0.25) is 0 Å². The highest BCUT2D eigenvalue weighted by Crippen LogP contribution is 2.20. The van der Waals surface area contributed by atoms with Gasteiger partial charge in [0.05, 0.1) is 6.61 Å². The number of ether oxygens (including phenoxy) is 1. The first-order valence-corrected chi connectivity index (χ1v) is 9.67. The van der Waals surface area contributed by atoms with E-state index < -0.39 is 0 Å². The van der Waals surface area contributed by atoms with Crippen LogP contribution in [0.5, 0.6) is 0 Å². The van der Waals surface area contributed by atoms with Gasteiger partial charge in [-0.3, -0.25) is 0 Å². The molecule has 3 rings (SSSR count). The van der Waals surface area contributed by atoms with Crippen LogP contribution in [-0.2, 0) is 4.74 Å². The Morgan fingerprint density at radius 1 is 1.15 bits per heavy atom. The number of likely N-dealkylation sites (tertiary alicyclic amines) is 1. The van der Waals surface area contributed by atoms with Crippen LogP contribution in [0.1, 0.15) is 26.7 Å². The van der Waals surface area contributed by atoms with Crippen LogP contribution in [0.4, 0.5) is 16.4 Å². The third kappa shape index (κ3) is 4.75. The molecule has 0 bridgehead atoms. The van der Waals surface area contributed by atoms with Crippen molar-refractivity contribution in [3.8, 4) is 0 Å². The zero-order valence-corrected chi connectivity index (χ0v) is 15.9. The minimum absolute atomic E-state index is 0.207. The van der Waals surface area contributed by atoms with Gasteiger partial charge in [0.25, 0.3) is 0 Å². The second kappa shape index (κ2) is 9.02. The summed E-state index contributed by atoms with van der Waals surface area (Å²) in [6, 6.07) is 2.36. The minimum atomic E-state index is -0.207. The Morgan fingerprint density at radius 3 is 2.54 bits per heavy atom. The van der Waals surface area contributed by atoms with Crippen molar-refractivity contribution >= 4 is 17.7 Å². The molecule has 1 N–H and O–H groups in total. The van der Waals surface area contributed by atoms with E-state index in [0.717, 1.165) is 57.2 Å². The number of hydrogen-bond donors (Lipinski definition) is 1. The van der Waals surface area contributed by atoms with Crippen LogP contribution < -0.4 is 10.2 Å². The van der Waals surface area contributed by atoms with Gasteiger partial charge in [-0.15, -0.1) is 0 Å². The first kappa shape index (κ1) is 18.7. The summed E-state index contributed by atoms with van der Waals surface area (Å²) in [6.45, 7) is 11.2. The molecule has 144 valence electrons. The van der Waals surface area contributed by atoms with Gasteiger partial charge >= 0.3 is 6.09 Å². The molecule has 3 heterocycles. The van der Waals surface area contributed by atoms with Crippen molar-refractivity contribution in [2.75, 3.05) is 62.6 Å². The first-order valence-electron chi connectivity index (χ1n) is 9.67. The molecule has 0 unspecified atom stereocenters. The Kier molecular flexibility index (Phi) is 6.49. The third-order valence-corrected chi connectivity index (χ3v) is 5.17. The zero-order chi connectivity index (χ0) is 18.4. The highest BCUT2D eigenvalue weighted by Gasteiger charge is 2.24. The average Bonchev–Trinajstić information content (AvgIpc) is 2.69. The van der Waals surface area contributed by atoms with Crippen molar-refractivity contribution in [1.29, 1.82) is 0 Å². The number of rotatable bonds is 5. The van der Waals surface area contributed by atoms with Crippen LogP contribution in [0.25, 0.3) is 0 Å². The Balaban J connectivity index is 1.51. The number of hydrogen-bond acceptors (Lipinski definition) is 7. The standard InChI is InChI=1S/C18H30N6O2/c1-3-22-9-11-23(12-10-22)17-13-16(19-14-20-17)21-15-5-7-24(8-6-15)18(25)26-4-2/h13-15H,3-12H2,1-2H3,(H,19,20,21). The van der Waals surface area contributed by atoms with Gasteiger partial charge in [-0.05, 0) is 26.3 Å². The van der Waals surface area contributed by atoms with Crippen molar-refractivity contribution < 1.29 is 9.53 Å². The molecule has 1 aromatic rings. The molecule has 0 spiro atoms. The molecule has 8 nitrogen and oxygen atoms in total. The summed E-state index contributed by atoms with van der Waals surface area (Å²) >= 11 is 0. The van der Waals surface area contributed by atoms with Gasteiger partial charge in [0.15, 0.2) is 0 Å². The molecule has 0 aromatic carbocycles. The molecule has 2 saturated heterocycles. The summed E-state index contributed by atoms with van der Waals surface area (Å²) < 4.78 is 5.07. The van der Waals surface area contributed by atoms with Crippen molar-refractivity contribution in [2.24, 2.45) is 0 Å². The highest BCUT2D eigenvalue weighted by molar-refractivity contribution is 5.67. The Bertz CT molecular complexity index is 583. The Hall–Kier alpha value is -2.09. The van der Waals surface area contributed by atoms with Gasteiger partial charge in [-0.2, -0.15) is 0 Å². The molecule has 26 heavy (non-hydrogen) atoms. The fourth-order valence-corrected chi connectivity index (χ4v) is 3.52. The lowest BCUT2D eigenvalue weighted by molar-refractivity contribution is 0.0983. The van der Waals surface area contributed by atoms with Crippen LogP contribution in [0, 0.1) is 0 Å². The number of amides is 1. The lowest BCUT2D eigenvalue weighted by Crippen LogP contribution is -2.46. The van der Waals surface area contributed by atoms with E-state index in [1.165, 1.54) is 0 Å². The number of likely N-dealkylation sites (N-methyl/N-ethyl adjacent to an activating group) is 1. The average molecular weight is 362 g/mol. The fraction of sp³-hybridized carbons (Fsp3) is 0.722. The van der Waals surface area contributed by atoms with Crippen molar-refractivity contribution in [3.63, 3.8) is 0 Å². The minimum Gasteiger partial charge on any atom is -0.450 e. The quantitative estimate of drug-likeness (QED) is 0.854. The zero-order valence-electron chi connectivity index (χ0n) is 15.9. The number of nitrogens with zero attached hydrogens (tertiary/aromatic N) is 5. The number of carbonyl (C=O) groups excluding carboxylic acids is 1. The molecule has 2 aliphatic heterocycles. The summed E-state index contributed by atoms with van der Waals surface area (Å²) in [5.74, 6) is 1.85. The Morgan fingerprint density at radius 2 is 1.88 bits per heavy atom. The molecule has 2 fully saturated rings. The van der Waals surface area contributed by atoms with Gasteiger partial charge < -0.3 is 24.8 Å². The lowest BCUT2D eigenvalue weighted by Gasteiger charge is -2.35. The monoisotopic (exact) mass is 362 g/mol. The van der Waals surface area contributed by atoms with Crippen molar-refractivity contribution in [2.45, 2.75) is 32.7 Å². The van der Waals surface area contributed by atoms with E-state index >= 15 is 0 Å². The number of aromatic nitrogens is 2. The van der Waals surface area contributed by atoms with Gasteiger partial charge in [0.1, 0.15) is 18.0 Å². The molecule has 0 aliphatic carbocycles. The van der Waals surface area contributed by atoms with E-state index in [4.69, 9.17) is 4.74 Å². The molecule has 2 aliphatic rings. The van der Waals surface area contributed by atoms with E-state index in [2.05, 4.69) is 32.0 Å². The molecule has 0 saturated carbocycles. The van der Waals surface area contributed by atoms with Crippen molar-refractivity contribution in [1.82, 2.24) is 19.8 Å². The number of nitrogens with one attached hydrogen (secondary N) is 1. The number of piperazine rings is 1. The van der Waals surface area contributed by atoms with Crippen LogP contribution in [-0.4, -0.2) is 84.3 Å². The summed E-state index contributed by atoms with van der Waals surface area (Å²) in [5.41, 5.74) is 0. The molecular weight excluding hydrogens is 332 g/mol. The maximum absolute atomic E-state index is 11.8. The van der Waals surface area contributed by atoms with Gasteiger partial charge in [-0.25, -0.2) is 14.8 Å². The predicted molar refractivity (Wildman–Crippen MR) is 102 cm³/mol. The maximum Gasteiger partial charge on any atom is 0.409 e. The van der Waals surface area contributed by atoms with E-state index in [0.29, 0.717) is 25.7 Å². The lowest BCUT2D eigenvalue weighted by atomic mass is 10.1. The first-order chi connectivity index (χ1) is 12.7. The molecule has 8 heteroatoms. The Labute approximate surface area is 155 Å². The van der Waals surface area contributed by atoms with Crippen LogP contribution in [0.2, 0.25) is 0 Å². The van der Waals surface area contributed by atoms with Crippen LogP contribution >= 0.6 is 0 Å². The highest BCUT2D eigenvalue weighted by atomic mass is 16.6. The van der Waals surface area contributed by atoms with E-state index in [-0.39, 0.29) is 6.09 Å². The van der Waals surface area contributed by atoms with Crippen LogP contribution in [0.15, 0.2) is 12.4 Å². The molecule has 0 atom stereocenters.